The van der Waals surface area contributed by atoms with Crippen LogP contribution in [0.1, 0.15) is 16.1 Å². The summed E-state index contributed by atoms with van der Waals surface area (Å²) in [5, 5.41) is 7.41. The van der Waals surface area contributed by atoms with Gasteiger partial charge in [0.1, 0.15) is 0 Å². The highest BCUT2D eigenvalue weighted by molar-refractivity contribution is 9.10. The van der Waals surface area contributed by atoms with Crippen LogP contribution in [0.25, 0.3) is 10.8 Å². The van der Waals surface area contributed by atoms with Gasteiger partial charge in [-0.2, -0.15) is 5.10 Å². The lowest BCUT2D eigenvalue weighted by Crippen LogP contribution is -2.26. The lowest BCUT2D eigenvalue weighted by atomic mass is 10.1. The Morgan fingerprint density at radius 1 is 1.19 bits per heavy atom. The second-order valence-electron chi connectivity index (χ2n) is 5.91. The number of aromatic nitrogens is 2. The van der Waals surface area contributed by atoms with Gasteiger partial charge in [-0.05, 0) is 36.8 Å². The fourth-order valence-electron chi connectivity index (χ4n) is 2.60. The fraction of sp³-hybridized carbons (Fsp3) is 0.158. The third-order valence-corrected chi connectivity index (χ3v) is 4.44. The van der Waals surface area contributed by atoms with Crippen molar-refractivity contribution in [3.05, 3.63) is 68.5 Å². The first-order valence-corrected chi connectivity index (χ1v) is 8.85. The molecule has 3 rings (SSSR count). The monoisotopic (exact) mass is 429 g/mol. The first kappa shape index (κ1) is 18.8. The Bertz CT molecular complexity index is 1110. The molecule has 0 saturated heterocycles. The zero-order valence-corrected chi connectivity index (χ0v) is 16.2. The fourth-order valence-corrected chi connectivity index (χ4v) is 3.08. The predicted octanol–water partition coefficient (Wildman–Crippen LogP) is 2.80. The standard InChI is InChI=1S/C19H16BrN3O4/c1-11-9-12(20)7-8-15(11)21-16(24)10-27-19(26)17-13-5-3-4-6-14(13)18(25)23(2)22-17/h3-9H,10H2,1-2H3,(H,21,24). The Balaban J connectivity index is 1.75. The van der Waals surface area contributed by atoms with Gasteiger partial charge in [0, 0.05) is 22.6 Å². The largest absolute Gasteiger partial charge is 0.451 e. The van der Waals surface area contributed by atoms with E-state index in [1.165, 1.54) is 7.05 Å². The van der Waals surface area contributed by atoms with Crippen molar-refractivity contribution in [1.29, 1.82) is 0 Å². The SMILES string of the molecule is Cc1cc(Br)ccc1NC(=O)COC(=O)c1nn(C)c(=O)c2ccccc12. The first-order valence-electron chi connectivity index (χ1n) is 8.06. The molecule has 1 amide bonds. The van der Waals surface area contributed by atoms with E-state index in [0.29, 0.717) is 16.5 Å². The normalized spacial score (nSPS) is 10.6. The van der Waals surface area contributed by atoms with E-state index in [4.69, 9.17) is 4.74 Å². The molecule has 1 N–H and O–H groups in total. The Hall–Kier alpha value is -3.00. The Morgan fingerprint density at radius 3 is 2.59 bits per heavy atom. The number of carbonyl (C=O) groups is 2. The Labute approximate surface area is 163 Å². The minimum atomic E-state index is -0.774. The number of carbonyl (C=O) groups excluding carboxylic acids is 2. The third kappa shape index (κ3) is 4.06. The van der Waals surface area contributed by atoms with Crippen molar-refractivity contribution in [1.82, 2.24) is 9.78 Å². The predicted molar refractivity (Wildman–Crippen MR) is 105 cm³/mol. The molecule has 0 aliphatic carbocycles. The number of anilines is 1. The summed E-state index contributed by atoms with van der Waals surface area (Å²) in [6.07, 6.45) is 0. The average molecular weight is 430 g/mol. The van der Waals surface area contributed by atoms with Crippen molar-refractivity contribution in [3.63, 3.8) is 0 Å². The number of fused-ring (bicyclic) bond motifs is 1. The number of benzene rings is 2. The number of esters is 1. The number of rotatable bonds is 4. The van der Waals surface area contributed by atoms with Crippen molar-refractivity contribution in [2.75, 3.05) is 11.9 Å². The lowest BCUT2D eigenvalue weighted by molar-refractivity contribution is -0.119. The number of hydrogen-bond donors (Lipinski definition) is 1. The van der Waals surface area contributed by atoms with Gasteiger partial charge in [-0.15, -0.1) is 0 Å². The molecule has 138 valence electrons. The van der Waals surface area contributed by atoms with E-state index in [1.807, 2.05) is 13.0 Å². The van der Waals surface area contributed by atoms with E-state index in [1.54, 1.807) is 36.4 Å². The molecule has 0 aliphatic heterocycles. The van der Waals surface area contributed by atoms with Gasteiger partial charge in [0.2, 0.25) is 0 Å². The summed E-state index contributed by atoms with van der Waals surface area (Å²) < 4.78 is 7.06. The van der Waals surface area contributed by atoms with Gasteiger partial charge >= 0.3 is 5.97 Å². The van der Waals surface area contributed by atoms with Crippen molar-refractivity contribution in [2.45, 2.75) is 6.92 Å². The summed E-state index contributed by atoms with van der Waals surface area (Å²) in [5.41, 5.74) is 1.17. The van der Waals surface area contributed by atoms with E-state index in [9.17, 15) is 14.4 Å². The highest BCUT2D eigenvalue weighted by Gasteiger charge is 2.18. The van der Waals surface area contributed by atoms with Crippen LogP contribution in [0.5, 0.6) is 0 Å². The third-order valence-electron chi connectivity index (χ3n) is 3.95. The highest BCUT2D eigenvalue weighted by atomic mass is 79.9. The molecule has 8 heteroatoms. The zero-order valence-electron chi connectivity index (χ0n) is 14.7. The van der Waals surface area contributed by atoms with E-state index in [-0.39, 0.29) is 11.3 Å². The Kier molecular flexibility index (Phi) is 5.36. The van der Waals surface area contributed by atoms with Crippen molar-refractivity contribution >= 4 is 44.3 Å². The molecule has 0 spiro atoms. The molecule has 0 atom stereocenters. The van der Waals surface area contributed by atoms with Crippen molar-refractivity contribution in [3.8, 4) is 0 Å². The molecule has 2 aromatic carbocycles. The van der Waals surface area contributed by atoms with E-state index < -0.39 is 18.5 Å². The number of amides is 1. The maximum Gasteiger partial charge on any atom is 0.359 e. The quantitative estimate of drug-likeness (QED) is 0.643. The molecule has 3 aromatic rings. The van der Waals surface area contributed by atoms with Crippen molar-refractivity contribution < 1.29 is 14.3 Å². The smallest absolute Gasteiger partial charge is 0.359 e. The first-order chi connectivity index (χ1) is 12.9. The van der Waals surface area contributed by atoms with E-state index in [0.717, 1.165) is 14.7 Å². The van der Waals surface area contributed by atoms with Gasteiger partial charge in [-0.1, -0.05) is 34.1 Å². The van der Waals surface area contributed by atoms with E-state index in [2.05, 4.69) is 26.3 Å². The molecule has 1 aromatic heterocycles. The highest BCUT2D eigenvalue weighted by Crippen LogP contribution is 2.20. The molecular weight excluding hydrogens is 414 g/mol. The van der Waals surface area contributed by atoms with Gasteiger partial charge in [-0.3, -0.25) is 9.59 Å². The molecule has 0 unspecified atom stereocenters. The minimum Gasteiger partial charge on any atom is -0.451 e. The van der Waals surface area contributed by atoms with Gasteiger partial charge < -0.3 is 10.1 Å². The summed E-state index contributed by atoms with van der Waals surface area (Å²) in [4.78, 5) is 36.6. The van der Waals surface area contributed by atoms with Crippen LogP contribution in [0.4, 0.5) is 5.69 Å². The average Bonchev–Trinajstić information content (AvgIpc) is 2.65. The summed E-state index contributed by atoms with van der Waals surface area (Å²) >= 11 is 3.36. The summed E-state index contributed by atoms with van der Waals surface area (Å²) in [6.45, 7) is 1.39. The molecule has 0 bridgehead atoms. The summed E-state index contributed by atoms with van der Waals surface area (Å²) in [7, 11) is 1.45. The molecule has 7 nitrogen and oxygen atoms in total. The van der Waals surface area contributed by atoms with Crippen LogP contribution in [-0.2, 0) is 16.6 Å². The van der Waals surface area contributed by atoms with Gasteiger partial charge in [-0.25, -0.2) is 9.48 Å². The van der Waals surface area contributed by atoms with Crippen LogP contribution in [-0.4, -0.2) is 28.3 Å². The molecule has 0 fully saturated rings. The van der Waals surface area contributed by atoms with Crippen LogP contribution >= 0.6 is 15.9 Å². The number of aryl methyl sites for hydroxylation is 2. The number of nitrogens with zero attached hydrogens (tertiary/aromatic N) is 2. The maximum atomic E-state index is 12.4. The van der Waals surface area contributed by atoms with Crippen molar-refractivity contribution in [2.24, 2.45) is 7.05 Å². The van der Waals surface area contributed by atoms with E-state index >= 15 is 0 Å². The summed E-state index contributed by atoms with van der Waals surface area (Å²) in [5.74, 6) is -1.24. The van der Waals surface area contributed by atoms with Crippen LogP contribution in [0.3, 0.4) is 0 Å². The number of nitrogens with one attached hydrogen (secondary N) is 1. The molecule has 27 heavy (non-hydrogen) atoms. The van der Waals surface area contributed by atoms with Crippen LogP contribution in [0.2, 0.25) is 0 Å². The van der Waals surface area contributed by atoms with Crippen LogP contribution in [0, 0.1) is 6.92 Å². The molecular formula is C19H16BrN3O4. The van der Waals surface area contributed by atoms with Gasteiger partial charge in [0.25, 0.3) is 11.5 Å². The van der Waals surface area contributed by atoms with Crippen LogP contribution < -0.4 is 10.9 Å². The number of halogens is 1. The summed E-state index contributed by atoms with van der Waals surface area (Å²) in [6, 6.07) is 12.0. The molecule has 0 aliphatic rings. The van der Waals surface area contributed by atoms with Crippen LogP contribution in [0.15, 0.2) is 51.7 Å². The lowest BCUT2D eigenvalue weighted by Gasteiger charge is -2.10. The van der Waals surface area contributed by atoms with Gasteiger partial charge in [0.05, 0.1) is 5.39 Å². The minimum absolute atomic E-state index is 0.0136. The second-order valence-corrected chi connectivity index (χ2v) is 6.82. The zero-order chi connectivity index (χ0) is 19.6. The topological polar surface area (TPSA) is 90.3 Å². The Morgan fingerprint density at radius 2 is 1.89 bits per heavy atom. The molecule has 0 radical (unpaired) electrons. The second kappa shape index (κ2) is 7.71. The molecule has 1 heterocycles. The number of ether oxygens (including phenoxy) is 1. The maximum absolute atomic E-state index is 12.4. The molecule has 0 saturated carbocycles. The number of hydrogen-bond acceptors (Lipinski definition) is 5. The van der Waals surface area contributed by atoms with Gasteiger partial charge in [0.15, 0.2) is 12.3 Å².